The topological polar surface area (TPSA) is 43.0 Å². The van der Waals surface area contributed by atoms with Crippen molar-refractivity contribution in [3.8, 4) is 0 Å². The van der Waals surface area contributed by atoms with Crippen molar-refractivity contribution >= 4 is 11.6 Å². The summed E-state index contributed by atoms with van der Waals surface area (Å²) in [6.07, 6.45) is 1.66. The number of hydrogen-bond acceptors (Lipinski definition) is 3. The second-order valence-corrected chi connectivity index (χ2v) is 6.57. The average molecular weight is 296 g/mol. The van der Waals surface area contributed by atoms with Crippen LogP contribution >= 0.6 is 11.6 Å². The van der Waals surface area contributed by atoms with Gasteiger partial charge in [0.15, 0.2) is 0 Å². The molecule has 0 spiro atoms. The van der Waals surface area contributed by atoms with Gasteiger partial charge in [-0.25, -0.2) is 0 Å². The van der Waals surface area contributed by atoms with Gasteiger partial charge in [-0.2, -0.15) is 5.10 Å². The Kier molecular flexibility index (Phi) is 4.25. The summed E-state index contributed by atoms with van der Waals surface area (Å²) < 4.78 is 7.76. The lowest BCUT2D eigenvalue weighted by atomic mass is 10.1. The molecule has 0 bridgehead atoms. The lowest BCUT2D eigenvalue weighted by Crippen LogP contribution is -2.35. The summed E-state index contributed by atoms with van der Waals surface area (Å²) >= 11 is 6.01. The van der Waals surface area contributed by atoms with Gasteiger partial charge in [0, 0.05) is 5.54 Å². The SMILES string of the molecule is Cc1cc(Cn2ncc(Cl)c2C)oc1CNC(C)(C)C. The largest absolute Gasteiger partial charge is 0.462 e. The van der Waals surface area contributed by atoms with Crippen LogP contribution in [-0.2, 0) is 13.1 Å². The van der Waals surface area contributed by atoms with Crippen molar-refractivity contribution in [3.63, 3.8) is 0 Å². The van der Waals surface area contributed by atoms with Crippen molar-refractivity contribution in [2.24, 2.45) is 0 Å². The molecule has 0 radical (unpaired) electrons. The first-order valence-corrected chi connectivity index (χ1v) is 7.15. The van der Waals surface area contributed by atoms with E-state index in [1.54, 1.807) is 6.20 Å². The van der Waals surface area contributed by atoms with Crippen LogP contribution in [0.4, 0.5) is 0 Å². The fourth-order valence-electron chi connectivity index (χ4n) is 1.92. The molecule has 2 rings (SSSR count). The molecule has 0 unspecified atom stereocenters. The summed E-state index contributed by atoms with van der Waals surface area (Å²) in [5, 5.41) is 8.36. The molecule has 0 aliphatic carbocycles. The summed E-state index contributed by atoms with van der Waals surface area (Å²) in [5.74, 6) is 1.88. The summed E-state index contributed by atoms with van der Waals surface area (Å²) in [4.78, 5) is 0. The fraction of sp³-hybridized carbons (Fsp3) is 0.533. The monoisotopic (exact) mass is 295 g/mol. The van der Waals surface area contributed by atoms with Gasteiger partial charge in [0.2, 0.25) is 0 Å². The molecule has 0 aliphatic rings. The van der Waals surface area contributed by atoms with E-state index >= 15 is 0 Å². The molecule has 0 saturated heterocycles. The van der Waals surface area contributed by atoms with Gasteiger partial charge < -0.3 is 9.73 Å². The highest BCUT2D eigenvalue weighted by atomic mass is 35.5. The van der Waals surface area contributed by atoms with Crippen LogP contribution in [0.3, 0.4) is 0 Å². The highest BCUT2D eigenvalue weighted by Crippen LogP contribution is 2.19. The molecule has 2 aromatic heterocycles. The highest BCUT2D eigenvalue weighted by Gasteiger charge is 2.14. The Hall–Kier alpha value is -1.26. The molecule has 0 atom stereocenters. The highest BCUT2D eigenvalue weighted by molar-refractivity contribution is 6.31. The summed E-state index contributed by atoms with van der Waals surface area (Å²) in [6.45, 7) is 11.8. The lowest BCUT2D eigenvalue weighted by Gasteiger charge is -2.19. The second kappa shape index (κ2) is 5.62. The van der Waals surface area contributed by atoms with E-state index in [-0.39, 0.29) is 5.54 Å². The minimum absolute atomic E-state index is 0.0749. The van der Waals surface area contributed by atoms with Crippen LogP contribution in [-0.4, -0.2) is 15.3 Å². The summed E-state index contributed by atoms with van der Waals surface area (Å²) in [7, 11) is 0. The Balaban J connectivity index is 2.09. The Morgan fingerprint density at radius 2 is 2.05 bits per heavy atom. The average Bonchev–Trinajstić information content (AvgIpc) is 2.83. The first-order chi connectivity index (χ1) is 9.26. The van der Waals surface area contributed by atoms with Crippen molar-refractivity contribution in [3.05, 3.63) is 40.1 Å². The zero-order chi connectivity index (χ0) is 14.9. The van der Waals surface area contributed by atoms with E-state index in [2.05, 4.69) is 44.2 Å². The minimum Gasteiger partial charge on any atom is -0.462 e. The number of nitrogens with zero attached hydrogens (tertiary/aromatic N) is 2. The third-order valence-corrected chi connectivity index (χ3v) is 3.57. The molecule has 4 nitrogen and oxygen atoms in total. The van der Waals surface area contributed by atoms with Crippen molar-refractivity contribution in [1.82, 2.24) is 15.1 Å². The second-order valence-electron chi connectivity index (χ2n) is 6.16. The van der Waals surface area contributed by atoms with Crippen LogP contribution in [0.1, 0.15) is 43.5 Å². The van der Waals surface area contributed by atoms with Crippen molar-refractivity contribution in [2.75, 3.05) is 0 Å². The normalized spacial score (nSPS) is 12.1. The third kappa shape index (κ3) is 3.64. The van der Waals surface area contributed by atoms with Gasteiger partial charge in [0.25, 0.3) is 0 Å². The molecule has 0 fully saturated rings. The van der Waals surface area contributed by atoms with E-state index in [9.17, 15) is 0 Å². The van der Waals surface area contributed by atoms with Crippen LogP contribution in [0.15, 0.2) is 16.7 Å². The predicted molar refractivity (Wildman–Crippen MR) is 81.1 cm³/mol. The molecule has 1 N–H and O–H groups in total. The van der Waals surface area contributed by atoms with Crippen LogP contribution in [0.25, 0.3) is 0 Å². The van der Waals surface area contributed by atoms with Gasteiger partial charge in [-0.05, 0) is 46.2 Å². The fourth-order valence-corrected chi connectivity index (χ4v) is 2.06. The lowest BCUT2D eigenvalue weighted by molar-refractivity contribution is 0.372. The van der Waals surface area contributed by atoms with E-state index in [4.69, 9.17) is 16.0 Å². The molecule has 0 amide bonds. The molecular weight excluding hydrogens is 274 g/mol. The van der Waals surface area contributed by atoms with Crippen molar-refractivity contribution < 1.29 is 4.42 Å². The third-order valence-electron chi connectivity index (χ3n) is 3.20. The number of halogens is 1. The number of aromatic nitrogens is 2. The number of hydrogen-bond donors (Lipinski definition) is 1. The number of furan rings is 1. The number of nitrogens with one attached hydrogen (secondary N) is 1. The van der Waals surface area contributed by atoms with Gasteiger partial charge in [-0.1, -0.05) is 11.6 Å². The summed E-state index contributed by atoms with van der Waals surface area (Å²) in [5.41, 5.74) is 2.19. The van der Waals surface area contributed by atoms with Gasteiger partial charge >= 0.3 is 0 Å². The Labute approximate surface area is 125 Å². The Bertz CT molecular complexity index is 593. The molecule has 20 heavy (non-hydrogen) atoms. The first-order valence-electron chi connectivity index (χ1n) is 6.77. The van der Waals surface area contributed by atoms with Gasteiger partial charge in [0.1, 0.15) is 11.5 Å². The minimum atomic E-state index is 0.0749. The van der Waals surface area contributed by atoms with Gasteiger partial charge in [-0.3, -0.25) is 4.68 Å². The first kappa shape index (κ1) is 15.1. The van der Waals surface area contributed by atoms with E-state index in [0.717, 1.165) is 29.3 Å². The van der Waals surface area contributed by atoms with Crippen LogP contribution < -0.4 is 5.32 Å². The smallest absolute Gasteiger partial charge is 0.126 e. The summed E-state index contributed by atoms with van der Waals surface area (Å²) in [6, 6.07) is 2.06. The predicted octanol–water partition coefficient (Wildman–Crippen LogP) is 3.68. The standard InChI is InChI=1S/C15H22ClN3O/c1-10-6-12(9-19-11(2)13(16)7-18-19)20-14(10)8-17-15(3,4)5/h6-7,17H,8-9H2,1-5H3. The molecule has 0 saturated carbocycles. The Morgan fingerprint density at radius 3 is 2.60 bits per heavy atom. The van der Waals surface area contributed by atoms with Crippen LogP contribution in [0.5, 0.6) is 0 Å². The number of aryl methyl sites for hydroxylation is 1. The molecule has 0 aliphatic heterocycles. The molecule has 2 aromatic rings. The zero-order valence-corrected chi connectivity index (χ0v) is 13.5. The van der Waals surface area contributed by atoms with E-state index in [1.807, 2.05) is 11.6 Å². The van der Waals surface area contributed by atoms with E-state index in [0.29, 0.717) is 11.6 Å². The van der Waals surface area contributed by atoms with E-state index in [1.165, 1.54) is 0 Å². The maximum atomic E-state index is 6.01. The molecule has 5 heteroatoms. The molecule has 2 heterocycles. The van der Waals surface area contributed by atoms with Gasteiger partial charge in [-0.15, -0.1) is 0 Å². The molecule has 110 valence electrons. The maximum Gasteiger partial charge on any atom is 0.126 e. The van der Waals surface area contributed by atoms with Crippen LogP contribution in [0.2, 0.25) is 5.02 Å². The molecular formula is C15H22ClN3O. The number of rotatable bonds is 4. The zero-order valence-electron chi connectivity index (χ0n) is 12.7. The van der Waals surface area contributed by atoms with Crippen molar-refractivity contribution in [2.45, 2.75) is 53.2 Å². The van der Waals surface area contributed by atoms with Crippen molar-refractivity contribution in [1.29, 1.82) is 0 Å². The van der Waals surface area contributed by atoms with E-state index < -0.39 is 0 Å². The maximum absolute atomic E-state index is 6.01. The Morgan fingerprint density at radius 1 is 1.35 bits per heavy atom. The quantitative estimate of drug-likeness (QED) is 0.935. The van der Waals surface area contributed by atoms with Gasteiger partial charge in [0.05, 0.1) is 30.0 Å². The van der Waals surface area contributed by atoms with Crippen LogP contribution in [0, 0.1) is 13.8 Å². The molecule has 0 aromatic carbocycles.